The molecule has 0 fully saturated rings. The van der Waals surface area contributed by atoms with Crippen molar-refractivity contribution in [2.75, 3.05) is 13.2 Å². The SMILES string of the molecule is CC(C)CCCCCCCCCCCCCCCCCCCOP(=O)(O)OCCCCCCCCCCCCCCCCCCCC(C)C. The molecule has 0 heterocycles. The molecule has 0 unspecified atom stereocenters. The summed E-state index contributed by atoms with van der Waals surface area (Å²) in [6, 6.07) is 0. The summed E-state index contributed by atoms with van der Waals surface area (Å²) in [6.07, 6.45) is 48.2. The first-order valence-electron chi connectivity index (χ1n) is 22.5. The van der Waals surface area contributed by atoms with Crippen LogP contribution >= 0.6 is 7.82 Å². The van der Waals surface area contributed by atoms with Gasteiger partial charge in [-0.2, -0.15) is 0 Å². The van der Waals surface area contributed by atoms with Crippen molar-refractivity contribution in [3.63, 3.8) is 0 Å². The average molecular weight is 715 g/mol. The highest BCUT2D eigenvalue weighted by Gasteiger charge is 2.19. The minimum absolute atomic E-state index is 0.324. The van der Waals surface area contributed by atoms with Gasteiger partial charge in [-0.05, 0) is 24.7 Å². The third kappa shape index (κ3) is 44.2. The fraction of sp³-hybridized carbons (Fsp3) is 1.00. The third-order valence-corrected chi connectivity index (χ3v) is 11.4. The van der Waals surface area contributed by atoms with E-state index < -0.39 is 7.82 Å². The zero-order valence-corrected chi connectivity index (χ0v) is 35.0. The van der Waals surface area contributed by atoms with Gasteiger partial charge in [-0.1, -0.05) is 246 Å². The molecule has 0 radical (unpaired) electrons. The minimum atomic E-state index is -3.88. The smallest absolute Gasteiger partial charge is 0.302 e. The van der Waals surface area contributed by atoms with Crippen LogP contribution in [0.15, 0.2) is 0 Å². The lowest BCUT2D eigenvalue weighted by atomic mass is 10.0. The van der Waals surface area contributed by atoms with Gasteiger partial charge < -0.3 is 4.89 Å². The van der Waals surface area contributed by atoms with Crippen molar-refractivity contribution < 1.29 is 18.5 Å². The lowest BCUT2D eigenvalue weighted by molar-refractivity contribution is 0.145. The minimum Gasteiger partial charge on any atom is -0.302 e. The Morgan fingerprint density at radius 3 is 0.673 bits per heavy atom. The molecule has 0 aromatic rings. The van der Waals surface area contributed by atoms with E-state index in [1.165, 1.54) is 205 Å². The predicted octanol–water partition coefficient (Wildman–Crippen LogP) is 16.5. The van der Waals surface area contributed by atoms with Gasteiger partial charge >= 0.3 is 7.82 Å². The maximum absolute atomic E-state index is 12.1. The van der Waals surface area contributed by atoms with Crippen LogP contribution in [0.1, 0.15) is 259 Å². The van der Waals surface area contributed by atoms with E-state index in [0.29, 0.717) is 13.2 Å². The summed E-state index contributed by atoms with van der Waals surface area (Å²) in [5.41, 5.74) is 0. The molecule has 49 heavy (non-hydrogen) atoms. The van der Waals surface area contributed by atoms with Crippen LogP contribution in [0.2, 0.25) is 0 Å². The maximum atomic E-state index is 12.1. The van der Waals surface area contributed by atoms with E-state index in [9.17, 15) is 9.46 Å². The number of unbranched alkanes of at least 4 members (excludes halogenated alkanes) is 32. The summed E-state index contributed by atoms with van der Waals surface area (Å²) in [5.74, 6) is 1.74. The van der Waals surface area contributed by atoms with Crippen molar-refractivity contribution in [2.24, 2.45) is 11.8 Å². The summed E-state index contributed by atoms with van der Waals surface area (Å²) in [6.45, 7) is 9.97. The van der Waals surface area contributed by atoms with Crippen molar-refractivity contribution in [3.8, 4) is 0 Å². The van der Waals surface area contributed by atoms with Crippen molar-refractivity contribution in [2.45, 2.75) is 259 Å². The fourth-order valence-corrected chi connectivity index (χ4v) is 7.80. The Morgan fingerprint density at radius 1 is 0.327 bits per heavy atom. The molecule has 0 spiro atoms. The van der Waals surface area contributed by atoms with Crippen molar-refractivity contribution in [3.05, 3.63) is 0 Å². The fourth-order valence-electron chi connectivity index (χ4n) is 7.01. The molecule has 0 aliphatic rings. The van der Waals surface area contributed by atoms with Gasteiger partial charge in [0.25, 0.3) is 0 Å². The second-order valence-corrected chi connectivity index (χ2v) is 18.0. The third-order valence-electron chi connectivity index (χ3n) is 10.4. The molecule has 0 aliphatic carbocycles. The molecule has 0 aromatic heterocycles. The molecule has 1 N–H and O–H groups in total. The second-order valence-electron chi connectivity index (χ2n) is 16.5. The Hall–Kier alpha value is 0.110. The molecule has 0 amide bonds. The largest absolute Gasteiger partial charge is 0.472 e. The zero-order chi connectivity index (χ0) is 35.9. The van der Waals surface area contributed by atoms with E-state index in [4.69, 9.17) is 9.05 Å². The van der Waals surface area contributed by atoms with Crippen LogP contribution in [-0.4, -0.2) is 18.1 Å². The van der Waals surface area contributed by atoms with Gasteiger partial charge in [0.2, 0.25) is 0 Å². The first kappa shape index (κ1) is 49.1. The number of phosphoric acid groups is 1. The van der Waals surface area contributed by atoms with E-state index in [-0.39, 0.29) is 0 Å². The van der Waals surface area contributed by atoms with Gasteiger partial charge in [0.15, 0.2) is 0 Å². The Morgan fingerprint density at radius 2 is 0.490 bits per heavy atom. The molecule has 0 saturated heterocycles. The predicted molar refractivity (Wildman–Crippen MR) is 218 cm³/mol. The molecule has 0 rings (SSSR count). The monoisotopic (exact) mass is 715 g/mol. The van der Waals surface area contributed by atoms with Crippen molar-refractivity contribution >= 4 is 7.82 Å². The number of hydrogen-bond donors (Lipinski definition) is 1. The van der Waals surface area contributed by atoms with Gasteiger partial charge in [0.05, 0.1) is 13.2 Å². The molecule has 4 nitrogen and oxygen atoms in total. The highest BCUT2D eigenvalue weighted by molar-refractivity contribution is 7.47. The summed E-state index contributed by atoms with van der Waals surface area (Å²) in [4.78, 5) is 9.94. The first-order chi connectivity index (χ1) is 23.8. The molecule has 0 atom stereocenters. The highest BCUT2D eigenvalue weighted by Crippen LogP contribution is 2.43. The van der Waals surface area contributed by atoms with Gasteiger partial charge in [-0.25, -0.2) is 4.57 Å². The Kier molecular flexibility index (Phi) is 39.4. The normalized spacial score (nSPS) is 12.2. The van der Waals surface area contributed by atoms with Gasteiger partial charge in [0.1, 0.15) is 0 Å². The Bertz CT molecular complexity index is 615. The van der Waals surface area contributed by atoms with Gasteiger partial charge in [-0.15, -0.1) is 0 Å². The van der Waals surface area contributed by atoms with Crippen LogP contribution in [-0.2, 0) is 13.6 Å². The molecule has 0 saturated carbocycles. The van der Waals surface area contributed by atoms with Crippen LogP contribution in [0.3, 0.4) is 0 Å². The summed E-state index contributed by atoms with van der Waals surface area (Å²) in [7, 11) is -3.88. The molecular formula is C44H91O4P. The van der Waals surface area contributed by atoms with Crippen molar-refractivity contribution in [1.29, 1.82) is 0 Å². The Labute approximate surface area is 309 Å². The second kappa shape index (κ2) is 39.3. The van der Waals surface area contributed by atoms with E-state index in [1.54, 1.807) is 0 Å². The summed E-state index contributed by atoms with van der Waals surface area (Å²) in [5, 5.41) is 0. The quantitative estimate of drug-likeness (QED) is 0.0505. The molecular weight excluding hydrogens is 623 g/mol. The van der Waals surface area contributed by atoms with E-state index in [2.05, 4.69) is 27.7 Å². The van der Waals surface area contributed by atoms with Crippen molar-refractivity contribution in [1.82, 2.24) is 0 Å². The lowest BCUT2D eigenvalue weighted by Gasteiger charge is -2.12. The maximum Gasteiger partial charge on any atom is 0.472 e. The van der Waals surface area contributed by atoms with Crippen LogP contribution in [0.4, 0.5) is 0 Å². The average Bonchev–Trinajstić information content (AvgIpc) is 3.06. The zero-order valence-electron chi connectivity index (χ0n) is 34.1. The topological polar surface area (TPSA) is 55.8 Å². The van der Waals surface area contributed by atoms with Gasteiger partial charge in [-0.3, -0.25) is 9.05 Å². The van der Waals surface area contributed by atoms with Crippen LogP contribution < -0.4 is 0 Å². The summed E-state index contributed by atoms with van der Waals surface area (Å²) < 4.78 is 22.5. The molecule has 0 aliphatic heterocycles. The van der Waals surface area contributed by atoms with E-state index >= 15 is 0 Å². The summed E-state index contributed by atoms with van der Waals surface area (Å²) >= 11 is 0. The van der Waals surface area contributed by atoms with E-state index in [0.717, 1.165) is 37.5 Å². The van der Waals surface area contributed by atoms with Crippen LogP contribution in [0, 0.1) is 11.8 Å². The molecule has 0 aromatic carbocycles. The van der Waals surface area contributed by atoms with Crippen LogP contribution in [0.25, 0.3) is 0 Å². The van der Waals surface area contributed by atoms with Gasteiger partial charge in [0, 0.05) is 0 Å². The van der Waals surface area contributed by atoms with E-state index in [1.807, 2.05) is 0 Å². The highest BCUT2D eigenvalue weighted by atomic mass is 31.2. The number of hydrogen-bond acceptors (Lipinski definition) is 3. The molecule has 0 bridgehead atoms. The lowest BCUT2D eigenvalue weighted by Crippen LogP contribution is -1.99. The van der Waals surface area contributed by atoms with Crippen LogP contribution in [0.5, 0.6) is 0 Å². The number of phosphoric ester groups is 1. The Balaban J connectivity index is 3.26. The molecule has 5 heteroatoms. The molecule has 296 valence electrons. The first-order valence-corrected chi connectivity index (χ1v) is 23.9. The standard InChI is InChI=1S/C44H91O4P/c1-43(2)39-35-31-27-23-19-15-11-7-5-9-13-17-21-25-29-33-37-41-47-49(45,46)48-42-38-34-30-26-22-18-14-10-6-8-12-16-20-24-28-32-36-40-44(3)4/h43-44H,5-42H2,1-4H3,(H,45,46). The number of rotatable bonds is 42.